The molecule has 1 N–H and O–H groups in total. The maximum Gasteiger partial charge on any atom is 0.326 e. The standard InChI is InChI=1S/C18H28N4O3/c1-13-4-2-3-7-18(13)16(24)22(17(25)19-18)12-20-8-10-21(11-9-20)15(23)14-5-6-14/h13-14H,2-12H2,1H3,(H,19,25)/t13-,18+/m1/s1. The second kappa shape index (κ2) is 6.27. The number of urea groups is 1. The minimum atomic E-state index is -0.681. The summed E-state index contributed by atoms with van der Waals surface area (Å²) in [6.45, 7) is 5.24. The molecule has 2 heterocycles. The summed E-state index contributed by atoms with van der Waals surface area (Å²) in [5.41, 5.74) is -0.681. The predicted molar refractivity (Wildman–Crippen MR) is 91.5 cm³/mol. The van der Waals surface area contributed by atoms with E-state index in [0.717, 1.165) is 51.6 Å². The number of carbonyl (C=O) groups excluding carboxylic acids is 3. The summed E-state index contributed by atoms with van der Waals surface area (Å²) < 4.78 is 0. The monoisotopic (exact) mass is 348 g/mol. The van der Waals surface area contributed by atoms with Gasteiger partial charge in [0.25, 0.3) is 5.91 Å². The second-order valence-corrected chi connectivity index (χ2v) is 8.14. The largest absolute Gasteiger partial charge is 0.340 e. The van der Waals surface area contributed by atoms with Gasteiger partial charge in [0.2, 0.25) is 5.91 Å². The fourth-order valence-electron chi connectivity index (χ4n) is 4.52. The molecule has 0 unspecified atom stereocenters. The van der Waals surface area contributed by atoms with Crippen LogP contribution in [0.1, 0.15) is 45.4 Å². The molecule has 2 saturated carbocycles. The van der Waals surface area contributed by atoms with Crippen molar-refractivity contribution in [1.29, 1.82) is 0 Å². The van der Waals surface area contributed by atoms with Crippen molar-refractivity contribution < 1.29 is 14.4 Å². The van der Waals surface area contributed by atoms with Crippen LogP contribution in [0.5, 0.6) is 0 Å². The lowest BCUT2D eigenvalue weighted by atomic mass is 9.73. The maximum absolute atomic E-state index is 13.0. The van der Waals surface area contributed by atoms with Gasteiger partial charge in [-0.25, -0.2) is 9.69 Å². The van der Waals surface area contributed by atoms with E-state index in [1.807, 2.05) is 4.90 Å². The molecule has 4 fully saturated rings. The Morgan fingerprint density at radius 2 is 1.84 bits per heavy atom. The van der Waals surface area contributed by atoms with E-state index in [0.29, 0.717) is 19.8 Å². The molecule has 2 aliphatic heterocycles. The zero-order valence-electron chi connectivity index (χ0n) is 15.0. The molecular formula is C18H28N4O3. The third kappa shape index (κ3) is 2.92. The summed E-state index contributed by atoms with van der Waals surface area (Å²) in [7, 11) is 0. The molecule has 25 heavy (non-hydrogen) atoms. The number of imide groups is 1. The van der Waals surface area contributed by atoms with Crippen LogP contribution in [0.25, 0.3) is 0 Å². The molecule has 2 aliphatic carbocycles. The molecule has 0 bridgehead atoms. The molecule has 0 radical (unpaired) electrons. The van der Waals surface area contributed by atoms with Gasteiger partial charge < -0.3 is 10.2 Å². The molecule has 4 amide bonds. The van der Waals surface area contributed by atoms with Crippen molar-refractivity contribution in [2.45, 2.75) is 51.0 Å². The molecule has 2 atom stereocenters. The van der Waals surface area contributed by atoms with Crippen molar-refractivity contribution in [3.63, 3.8) is 0 Å². The molecule has 7 nitrogen and oxygen atoms in total. The van der Waals surface area contributed by atoms with E-state index in [2.05, 4.69) is 17.1 Å². The predicted octanol–water partition coefficient (Wildman–Crippen LogP) is 0.999. The van der Waals surface area contributed by atoms with Crippen molar-refractivity contribution in [2.24, 2.45) is 11.8 Å². The van der Waals surface area contributed by atoms with Gasteiger partial charge >= 0.3 is 6.03 Å². The quantitative estimate of drug-likeness (QED) is 0.772. The minimum Gasteiger partial charge on any atom is -0.340 e. The van der Waals surface area contributed by atoms with Crippen LogP contribution >= 0.6 is 0 Å². The van der Waals surface area contributed by atoms with Crippen LogP contribution < -0.4 is 5.32 Å². The highest BCUT2D eigenvalue weighted by molar-refractivity contribution is 6.07. The molecule has 4 aliphatic rings. The lowest BCUT2D eigenvalue weighted by molar-refractivity contribution is -0.138. The van der Waals surface area contributed by atoms with Crippen molar-refractivity contribution in [3.05, 3.63) is 0 Å². The van der Waals surface area contributed by atoms with Gasteiger partial charge in [-0.2, -0.15) is 0 Å². The van der Waals surface area contributed by atoms with Crippen LogP contribution in [0, 0.1) is 11.8 Å². The fraction of sp³-hybridized carbons (Fsp3) is 0.833. The number of amides is 4. The van der Waals surface area contributed by atoms with Crippen molar-refractivity contribution in [1.82, 2.24) is 20.0 Å². The normalized spacial score (nSPS) is 33.9. The van der Waals surface area contributed by atoms with Gasteiger partial charge in [0.05, 0.1) is 6.67 Å². The summed E-state index contributed by atoms with van der Waals surface area (Å²) in [4.78, 5) is 43.0. The Bertz CT molecular complexity index is 583. The maximum atomic E-state index is 13.0. The Hall–Kier alpha value is -1.63. The van der Waals surface area contributed by atoms with Crippen LogP contribution in [-0.4, -0.2) is 70.9 Å². The van der Waals surface area contributed by atoms with E-state index >= 15 is 0 Å². The first-order valence-corrected chi connectivity index (χ1v) is 9.66. The zero-order valence-corrected chi connectivity index (χ0v) is 15.0. The Kier molecular flexibility index (Phi) is 4.22. The third-order valence-corrected chi connectivity index (χ3v) is 6.45. The van der Waals surface area contributed by atoms with E-state index < -0.39 is 5.54 Å². The van der Waals surface area contributed by atoms with Crippen molar-refractivity contribution in [2.75, 3.05) is 32.8 Å². The average molecular weight is 348 g/mol. The number of rotatable bonds is 3. The molecular weight excluding hydrogens is 320 g/mol. The summed E-state index contributed by atoms with van der Waals surface area (Å²) in [5, 5.41) is 3.00. The molecule has 1 spiro atoms. The van der Waals surface area contributed by atoms with E-state index in [-0.39, 0.29) is 29.7 Å². The first kappa shape index (κ1) is 16.8. The van der Waals surface area contributed by atoms with E-state index in [4.69, 9.17) is 0 Å². The number of piperazine rings is 1. The number of nitrogens with zero attached hydrogens (tertiary/aromatic N) is 3. The lowest BCUT2D eigenvalue weighted by Crippen LogP contribution is -2.55. The van der Waals surface area contributed by atoms with Gasteiger partial charge in [0.15, 0.2) is 0 Å². The number of carbonyl (C=O) groups is 3. The highest BCUT2D eigenvalue weighted by Crippen LogP contribution is 2.38. The number of nitrogens with one attached hydrogen (secondary N) is 1. The molecule has 138 valence electrons. The van der Waals surface area contributed by atoms with Crippen molar-refractivity contribution >= 4 is 17.8 Å². The molecule has 0 aromatic carbocycles. The summed E-state index contributed by atoms with van der Waals surface area (Å²) in [5.74, 6) is 0.673. The Labute approximate surface area is 148 Å². The van der Waals surface area contributed by atoms with E-state index in [9.17, 15) is 14.4 Å². The SMILES string of the molecule is C[C@@H]1CCCC[C@]12NC(=O)N(CN1CCN(C(=O)C3CC3)CC1)C2=O. The smallest absolute Gasteiger partial charge is 0.326 e. The van der Waals surface area contributed by atoms with Crippen LogP contribution in [0.4, 0.5) is 4.79 Å². The lowest BCUT2D eigenvalue weighted by Gasteiger charge is -2.38. The van der Waals surface area contributed by atoms with Crippen LogP contribution in [0.15, 0.2) is 0 Å². The van der Waals surface area contributed by atoms with Gasteiger partial charge in [0, 0.05) is 32.1 Å². The first-order chi connectivity index (χ1) is 12.0. The molecule has 2 saturated heterocycles. The zero-order chi connectivity index (χ0) is 17.6. The minimum absolute atomic E-state index is 0.0545. The summed E-state index contributed by atoms with van der Waals surface area (Å²) in [6, 6.07) is -0.254. The van der Waals surface area contributed by atoms with Gasteiger partial charge in [-0.3, -0.25) is 14.5 Å². The van der Waals surface area contributed by atoms with Crippen LogP contribution in [0.3, 0.4) is 0 Å². The molecule has 7 heteroatoms. The van der Waals surface area contributed by atoms with Gasteiger partial charge in [-0.05, 0) is 31.6 Å². The van der Waals surface area contributed by atoms with Crippen molar-refractivity contribution in [3.8, 4) is 0 Å². The Morgan fingerprint density at radius 1 is 1.12 bits per heavy atom. The molecule has 4 rings (SSSR count). The van der Waals surface area contributed by atoms with E-state index in [1.54, 1.807) is 0 Å². The Balaban J connectivity index is 1.36. The molecule has 0 aromatic heterocycles. The van der Waals surface area contributed by atoms with E-state index in [1.165, 1.54) is 4.90 Å². The first-order valence-electron chi connectivity index (χ1n) is 9.66. The summed E-state index contributed by atoms with van der Waals surface area (Å²) >= 11 is 0. The fourth-order valence-corrected chi connectivity index (χ4v) is 4.52. The summed E-state index contributed by atoms with van der Waals surface area (Å²) in [6.07, 6.45) is 5.92. The third-order valence-electron chi connectivity index (χ3n) is 6.45. The second-order valence-electron chi connectivity index (χ2n) is 8.14. The number of hydrogen-bond acceptors (Lipinski definition) is 4. The topological polar surface area (TPSA) is 73.0 Å². The highest BCUT2D eigenvalue weighted by atomic mass is 16.2. The number of hydrogen-bond donors (Lipinski definition) is 1. The van der Waals surface area contributed by atoms with Gasteiger partial charge in [0.1, 0.15) is 5.54 Å². The van der Waals surface area contributed by atoms with Crippen LogP contribution in [-0.2, 0) is 9.59 Å². The highest BCUT2D eigenvalue weighted by Gasteiger charge is 2.55. The average Bonchev–Trinajstić information content (AvgIpc) is 3.43. The Morgan fingerprint density at radius 3 is 2.48 bits per heavy atom. The van der Waals surface area contributed by atoms with Crippen LogP contribution in [0.2, 0.25) is 0 Å². The molecule has 0 aromatic rings. The van der Waals surface area contributed by atoms with Gasteiger partial charge in [-0.15, -0.1) is 0 Å². The van der Waals surface area contributed by atoms with Gasteiger partial charge in [-0.1, -0.05) is 19.8 Å².